The Morgan fingerprint density at radius 3 is 2.81 bits per heavy atom. The van der Waals surface area contributed by atoms with E-state index in [4.69, 9.17) is 9.15 Å². The van der Waals surface area contributed by atoms with Crippen molar-refractivity contribution in [2.24, 2.45) is 0 Å². The number of hydrogen-bond acceptors (Lipinski definition) is 4. The van der Waals surface area contributed by atoms with E-state index >= 15 is 0 Å². The standard InChI is InChI=1S/C16H14FNO3/c1-20-14-7-6-10(8-11(14)17)13(19)9-16-18-12-4-2-3-5-15(12)21-16/h2-8,13,19H,9H2,1H3. The summed E-state index contributed by atoms with van der Waals surface area (Å²) in [6.45, 7) is 0. The van der Waals surface area contributed by atoms with Crippen molar-refractivity contribution >= 4 is 11.1 Å². The molecule has 1 atom stereocenters. The summed E-state index contributed by atoms with van der Waals surface area (Å²) in [6.07, 6.45) is -0.709. The number of aromatic nitrogens is 1. The van der Waals surface area contributed by atoms with Crippen LogP contribution in [0.5, 0.6) is 5.75 Å². The minimum atomic E-state index is -0.890. The number of benzene rings is 2. The number of aliphatic hydroxyl groups excluding tert-OH is 1. The molecule has 4 nitrogen and oxygen atoms in total. The van der Waals surface area contributed by atoms with Crippen molar-refractivity contribution in [2.45, 2.75) is 12.5 Å². The van der Waals surface area contributed by atoms with Crippen LogP contribution in [0.1, 0.15) is 17.6 Å². The molecule has 0 aliphatic rings. The molecule has 0 amide bonds. The van der Waals surface area contributed by atoms with Crippen LogP contribution in [-0.4, -0.2) is 17.2 Å². The van der Waals surface area contributed by atoms with Crippen LogP contribution in [0, 0.1) is 5.82 Å². The first-order valence-corrected chi connectivity index (χ1v) is 6.53. The van der Waals surface area contributed by atoms with E-state index in [2.05, 4.69) is 4.98 Å². The Kier molecular flexibility index (Phi) is 3.58. The summed E-state index contributed by atoms with van der Waals surface area (Å²) >= 11 is 0. The largest absolute Gasteiger partial charge is 0.494 e. The van der Waals surface area contributed by atoms with Crippen molar-refractivity contribution in [3.63, 3.8) is 0 Å². The van der Waals surface area contributed by atoms with Crippen molar-refractivity contribution in [2.75, 3.05) is 7.11 Å². The smallest absolute Gasteiger partial charge is 0.198 e. The predicted octanol–water partition coefficient (Wildman–Crippen LogP) is 3.25. The lowest BCUT2D eigenvalue weighted by atomic mass is 10.1. The van der Waals surface area contributed by atoms with Gasteiger partial charge in [0, 0.05) is 0 Å². The first-order chi connectivity index (χ1) is 10.2. The Morgan fingerprint density at radius 2 is 2.10 bits per heavy atom. The number of methoxy groups -OCH3 is 1. The molecule has 0 saturated carbocycles. The van der Waals surface area contributed by atoms with Gasteiger partial charge in [0.25, 0.3) is 0 Å². The number of ether oxygens (including phenoxy) is 1. The second-order valence-electron chi connectivity index (χ2n) is 4.69. The van der Waals surface area contributed by atoms with E-state index in [1.54, 1.807) is 6.07 Å². The molecule has 1 unspecified atom stereocenters. The molecule has 3 aromatic rings. The van der Waals surface area contributed by atoms with Crippen LogP contribution in [0.2, 0.25) is 0 Å². The van der Waals surface area contributed by atoms with Crippen molar-refractivity contribution in [1.82, 2.24) is 4.98 Å². The van der Waals surface area contributed by atoms with Gasteiger partial charge in [0.05, 0.1) is 19.6 Å². The summed E-state index contributed by atoms with van der Waals surface area (Å²) in [4.78, 5) is 4.29. The highest BCUT2D eigenvalue weighted by atomic mass is 19.1. The number of hydrogen-bond donors (Lipinski definition) is 1. The summed E-state index contributed by atoms with van der Waals surface area (Å²) in [5.41, 5.74) is 1.86. The van der Waals surface area contributed by atoms with E-state index in [1.807, 2.05) is 24.3 Å². The van der Waals surface area contributed by atoms with Crippen LogP contribution >= 0.6 is 0 Å². The predicted molar refractivity (Wildman–Crippen MR) is 75.6 cm³/mol. The number of fused-ring (bicyclic) bond motifs is 1. The maximum absolute atomic E-state index is 13.6. The van der Waals surface area contributed by atoms with Crippen molar-refractivity contribution in [3.05, 3.63) is 59.7 Å². The maximum atomic E-state index is 13.6. The number of para-hydroxylation sites is 2. The highest BCUT2D eigenvalue weighted by molar-refractivity contribution is 5.72. The van der Waals surface area contributed by atoms with Gasteiger partial charge in [0.15, 0.2) is 23.0 Å². The van der Waals surface area contributed by atoms with Gasteiger partial charge >= 0.3 is 0 Å². The Hall–Kier alpha value is -2.40. The number of oxazole rings is 1. The Labute approximate surface area is 120 Å². The molecule has 108 valence electrons. The molecular weight excluding hydrogens is 273 g/mol. The van der Waals surface area contributed by atoms with Gasteiger partial charge in [0.2, 0.25) is 0 Å². The van der Waals surface area contributed by atoms with E-state index in [-0.39, 0.29) is 12.2 Å². The Balaban J connectivity index is 1.82. The van der Waals surface area contributed by atoms with Crippen molar-refractivity contribution in [3.8, 4) is 5.75 Å². The van der Waals surface area contributed by atoms with E-state index in [9.17, 15) is 9.50 Å². The van der Waals surface area contributed by atoms with E-state index in [1.165, 1.54) is 19.2 Å². The minimum absolute atomic E-state index is 0.146. The molecule has 1 aromatic heterocycles. The highest BCUT2D eigenvalue weighted by Gasteiger charge is 2.15. The number of nitrogens with zero attached hydrogens (tertiary/aromatic N) is 1. The number of aliphatic hydroxyl groups is 1. The third kappa shape index (κ3) is 2.73. The van der Waals surface area contributed by atoms with Gasteiger partial charge in [-0.1, -0.05) is 18.2 Å². The summed E-state index contributed by atoms with van der Waals surface area (Å²) in [5.74, 6) is 0.0550. The fraction of sp³-hybridized carbons (Fsp3) is 0.188. The van der Waals surface area contributed by atoms with Crippen LogP contribution < -0.4 is 4.74 Å². The maximum Gasteiger partial charge on any atom is 0.198 e. The van der Waals surface area contributed by atoms with Crippen LogP contribution in [-0.2, 0) is 6.42 Å². The fourth-order valence-electron chi connectivity index (χ4n) is 2.18. The SMILES string of the molecule is COc1ccc(C(O)Cc2nc3ccccc3o2)cc1F. The molecule has 1 N–H and O–H groups in total. The molecule has 0 aliphatic heterocycles. The second kappa shape index (κ2) is 5.54. The fourth-order valence-corrected chi connectivity index (χ4v) is 2.18. The third-order valence-corrected chi connectivity index (χ3v) is 3.27. The van der Waals surface area contributed by atoms with Gasteiger partial charge < -0.3 is 14.3 Å². The molecule has 0 bridgehead atoms. The average Bonchev–Trinajstić information content (AvgIpc) is 2.89. The molecule has 0 radical (unpaired) electrons. The molecule has 0 fully saturated rings. The topological polar surface area (TPSA) is 55.5 Å². The van der Waals surface area contributed by atoms with Gasteiger partial charge in [-0.3, -0.25) is 0 Å². The molecule has 1 heterocycles. The van der Waals surface area contributed by atoms with Gasteiger partial charge in [0.1, 0.15) is 5.52 Å². The first-order valence-electron chi connectivity index (χ1n) is 6.53. The third-order valence-electron chi connectivity index (χ3n) is 3.27. The molecule has 5 heteroatoms. The van der Waals surface area contributed by atoms with Gasteiger partial charge in [-0.15, -0.1) is 0 Å². The molecule has 21 heavy (non-hydrogen) atoms. The molecule has 0 saturated heterocycles. The summed E-state index contributed by atoms with van der Waals surface area (Å²) in [7, 11) is 1.40. The lowest BCUT2D eigenvalue weighted by Gasteiger charge is -2.10. The molecular formula is C16H14FNO3. The van der Waals surface area contributed by atoms with E-state index in [0.29, 0.717) is 17.0 Å². The molecule has 0 aliphatic carbocycles. The van der Waals surface area contributed by atoms with Crippen LogP contribution in [0.15, 0.2) is 46.9 Å². The summed E-state index contributed by atoms with van der Waals surface area (Å²) in [6, 6.07) is 11.7. The van der Waals surface area contributed by atoms with E-state index in [0.717, 1.165) is 5.52 Å². The first kappa shape index (κ1) is 13.6. The van der Waals surface area contributed by atoms with Crippen molar-refractivity contribution < 1.29 is 18.7 Å². The van der Waals surface area contributed by atoms with Crippen LogP contribution in [0.4, 0.5) is 4.39 Å². The average molecular weight is 287 g/mol. The zero-order chi connectivity index (χ0) is 14.8. The van der Waals surface area contributed by atoms with Crippen molar-refractivity contribution in [1.29, 1.82) is 0 Å². The number of halogens is 1. The quantitative estimate of drug-likeness (QED) is 0.800. The highest BCUT2D eigenvalue weighted by Crippen LogP contribution is 2.25. The van der Waals surface area contributed by atoms with Gasteiger partial charge in [-0.25, -0.2) is 9.37 Å². The van der Waals surface area contributed by atoms with Crippen LogP contribution in [0.25, 0.3) is 11.1 Å². The minimum Gasteiger partial charge on any atom is -0.494 e. The molecule has 0 spiro atoms. The van der Waals surface area contributed by atoms with E-state index < -0.39 is 11.9 Å². The Morgan fingerprint density at radius 1 is 1.29 bits per heavy atom. The van der Waals surface area contributed by atoms with Crippen LogP contribution in [0.3, 0.4) is 0 Å². The normalized spacial score (nSPS) is 12.5. The zero-order valence-electron chi connectivity index (χ0n) is 11.4. The summed E-state index contributed by atoms with van der Waals surface area (Å²) in [5, 5.41) is 10.2. The zero-order valence-corrected chi connectivity index (χ0v) is 11.4. The van der Waals surface area contributed by atoms with Gasteiger partial charge in [-0.05, 0) is 29.8 Å². The second-order valence-corrected chi connectivity index (χ2v) is 4.69. The lowest BCUT2D eigenvalue weighted by Crippen LogP contribution is -2.03. The Bertz CT molecular complexity index is 736. The molecule has 3 rings (SSSR count). The number of rotatable bonds is 4. The monoisotopic (exact) mass is 287 g/mol. The van der Waals surface area contributed by atoms with Gasteiger partial charge in [-0.2, -0.15) is 0 Å². The lowest BCUT2D eigenvalue weighted by molar-refractivity contribution is 0.169. The molecule has 2 aromatic carbocycles. The summed E-state index contributed by atoms with van der Waals surface area (Å²) < 4.78 is 24.0.